The largest absolute Gasteiger partial charge is 0.573 e. The Morgan fingerprint density at radius 1 is 1.09 bits per heavy atom. The van der Waals surface area contributed by atoms with E-state index in [1.165, 1.54) is 28.8 Å². The van der Waals surface area contributed by atoms with Crippen LogP contribution in [0.5, 0.6) is 5.75 Å². The molecular formula is C24H20ClF3N2O3. The maximum atomic E-state index is 12.9. The second kappa shape index (κ2) is 8.61. The number of alkyl halides is 3. The fraction of sp³-hybridized carbons (Fsp3) is 0.208. The number of ether oxygens (including phenoxy) is 1. The molecule has 0 saturated carbocycles. The number of furan rings is 1. The van der Waals surface area contributed by atoms with Crippen molar-refractivity contribution in [2.45, 2.75) is 26.3 Å². The van der Waals surface area contributed by atoms with Crippen LogP contribution in [-0.2, 0) is 13.0 Å². The molecule has 33 heavy (non-hydrogen) atoms. The number of nitrogens with zero attached hydrogens (tertiary/aromatic N) is 1. The minimum Gasteiger partial charge on any atom is -0.461 e. The number of pyridine rings is 1. The van der Waals surface area contributed by atoms with Gasteiger partial charge in [-0.05, 0) is 53.9 Å². The highest BCUT2D eigenvalue weighted by molar-refractivity contribution is 5.85. The number of nitrogens with one attached hydrogen (secondary N) is 1. The Morgan fingerprint density at radius 3 is 2.64 bits per heavy atom. The minimum absolute atomic E-state index is 0. The molecule has 0 amide bonds. The first kappa shape index (κ1) is 22.9. The molecule has 0 bridgehead atoms. The Hall–Kier alpha value is -3.23. The Morgan fingerprint density at radius 2 is 1.91 bits per heavy atom. The molecule has 3 heterocycles. The molecule has 0 aliphatic carbocycles. The normalized spacial score (nSPS) is 13.5. The first-order valence-electron chi connectivity index (χ1n) is 10.1. The van der Waals surface area contributed by atoms with Crippen LogP contribution < -0.4 is 15.6 Å². The van der Waals surface area contributed by atoms with Crippen molar-refractivity contribution in [2.24, 2.45) is 0 Å². The molecule has 0 spiro atoms. The average Bonchev–Trinajstić information content (AvgIpc) is 3.10. The molecule has 2 aromatic heterocycles. The Kier molecular flexibility index (Phi) is 5.99. The molecule has 0 fully saturated rings. The van der Waals surface area contributed by atoms with Gasteiger partial charge in [-0.15, -0.1) is 25.6 Å². The summed E-state index contributed by atoms with van der Waals surface area (Å²) in [5, 5.41) is 4.38. The first-order valence-corrected chi connectivity index (χ1v) is 10.1. The van der Waals surface area contributed by atoms with Gasteiger partial charge in [0.1, 0.15) is 17.1 Å². The summed E-state index contributed by atoms with van der Waals surface area (Å²) in [4.78, 5) is 12.9. The zero-order chi connectivity index (χ0) is 22.5. The van der Waals surface area contributed by atoms with Gasteiger partial charge in [0.15, 0.2) is 0 Å². The van der Waals surface area contributed by atoms with Gasteiger partial charge in [-0.2, -0.15) is 0 Å². The van der Waals surface area contributed by atoms with Crippen LogP contribution in [0, 0.1) is 6.92 Å². The van der Waals surface area contributed by atoms with Crippen LogP contribution in [-0.4, -0.2) is 17.5 Å². The van der Waals surface area contributed by atoms with E-state index in [1.54, 1.807) is 19.2 Å². The van der Waals surface area contributed by atoms with Crippen molar-refractivity contribution in [3.8, 4) is 22.6 Å². The number of hydrogen-bond donors (Lipinski definition) is 1. The summed E-state index contributed by atoms with van der Waals surface area (Å²) in [6, 6.07) is 13.0. The third-order valence-corrected chi connectivity index (χ3v) is 5.63. The highest BCUT2D eigenvalue weighted by atomic mass is 35.5. The van der Waals surface area contributed by atoms with Gasteiger partial charge in [-0.25, -0.2) is 0 Å². The highest BCUT2D eigenvalue weighted by Gasteiger charge is 2.31. The minimum atomic E-state index is -4.75. The summed E-state index contributed by atoms with van der Waals surface area (Å²) in [5.74, 6) is 0.684. The third-order valence-electron chi connectivity index (χ3n) is 5.63. The molecule has 2 aromatic carbocycles. The van der Waals surface area contributed by atoms with Crippen LogP contribution in [0.2, 0.25) is 0 Å². The number of benzene rings is 2. The van der Waals surface area contributed by atoms with Crippen molar-refractivity contribution in [1.82, 2.24) is 9.88 Å². The fourth-order valence-electron chi connectivity index (χ4n) is 4.17. The van der Waals surface area contributed by atoms with E-state index < -0.39 is 6.36 Å². The lowest BCUT2D eigenvalue weighted by atomic mass is 10.0. The van der Waals surface area contributed by atoms with E-state index in [9.17, 15) is 18.0 Å². The van der Waals surface area contributed by atoms with Crippen molar-refractivity contribution in [3.63, 3.8) is 0 Å². The van der Waals surface area contributed by atoms with E-state index >= 15 is 0 Å². The maximum absolute atomic E-state index is 12.9. The van der Waals surface area contributed by atoms with Gasteiger partial charge in [-0.3, -0.25) is 9.36 Å². The number of halogens is 4. The van der Waals surface area contributed by atoms with Crippen LogP contribution in [0.25, 0.3) is 27.8 Å². The van der Waals surface area contributed by atoms with Gasteiger partial charge in [0.25, 0.3) is 5.56 Å². The van der Waals surface area contributed by atoms with Crippen LogP contribution in [0.3, 0.4) is 0 Å². The SMILES string of the molecule is Cc1cc(OC(F)(F)F)ccc1-c1ccn(-c2ccc3c4c(oc3c2)CCNC4)c(=O)c1.Cl. The first-order chi connectivity index (χ1) is 15.3. The smallest absolute Gasteiger partial charge is 0.461 e. The van der Waals surface area contributed by atoms with E-state index in [4.69, 9.17) is 4.42 Å². The van der Waals surface area contributed by atoms with Gasteiger partial charge >= 0.3 is 6.36 Å². The number of aromatic nitrogens is 1. The summed E-state index contributed by atoms with van der Waals surface area (Å²) in [6.45, 7) is 3.32. The molecule has 9 heteroatoms. The molecule has 4 aromatic rings. The Balaban J connectivity index is 0.00000259. The summed E-state index contributed by atoms with van der Waals surface area (Å²) in [5.41, 5.74) is 4.17. The number of aryl methyl sites for hydroxylation is 1. The van der Waals surface area contributed by atoms with Crippen molar-refractivity contribution in [1.29, 1.82) is 0 Å². The second-order valence-electron chi connectivity index (χ2n) is 7.76. The monoisotopic (exact) mass is 476 g/mol. The molecule has 5 rings (SSSR count). The molecule has 0 radical (unpaired) electrons. The van der Waals surface area contributed by atoms with E-state index in [0.29, 0.717) is 22.4 Å². The van der Waals surface area contributed by atoms with Crippen LogP contribution in [0.15, 0.2) is 63.9 Å². The van der Waals surface area contributed by atoms with Crippen LogP contribution in [0.4, 0.5) is 13.2 Å². The Labute approximate surface area is 193 Å². The third kappa shape index (κ3) is 4.49. The molecule has 5 nitrogen and oxygen atoms in total. The molecule has 172 valence electrons. The van der Waals surface area contributed by atoms with Crippen molar-refractivity contribution >= 4 is 23.4 Å². The summed E-state index contributed by atoms with van der Waals surface area (Å²) >= 11 is 0. The summed E-state index contributed by atoms with van der Waals surface area (Å²) in [7, 11) is 0. The van der Waals surface area contributed by atoms with E-state index in [-0.39, 0.29) is 23.7 Å². The van der Waals surface area contributed by atoms with Crippen LogP contribution >= 0.6 is 12.4 Å². The number of fused-ring (bicyclic) bond motifs is 3. The summed E-state index contributed by atoms with van der Waals surface area (Å²) < 4.78 is 48.8. The maximum Gasteiger partial charge on any atom is 0.573 e. The van der Waals surface area contributed by atoms with Crippen molar-refractivity contribution in [3.05, 3.63) is 82.0 Å². The van der Waals surface area contributed by atoms with Crippen LogP contribution in [0.1, 0.15) is 16.9 Å². The molecule has 1 aliphatic heterocycles. The van der Waals surface area contributed by atoms with Crippen molar-refractivity contribution < 1.29 is 22.3 Å². The zero-order valence-electron chi connectivity index (χ0n) is 17.5. The average molecular weight is 477 g/mol. The van der Waals surface area contributed by atoms with Gasteiger partial charge in [0.05, 0.1) is 5.69 Å². The zero-order valence-corrected chi connectivity index (χ0v) is 18.3. The van der Waals surface area contributed by atoms with E-state index in [1.807, 2.05) is 18.2 Å². The Bertz CT molecular complexity index is 1390. The fourth-order valence-corrected chi connectivity index (χ4v) is 4.17. The quantitative estimate of drug-likeness (QED) is 0.422. The summed E-state index contributed by atoms with van der Waals surface area (Å²) in [6.07, 6.45) is -2.26. The molecular weight excluding hydrogens is 457 g/mol. The number of rotatable bonds is 3. The predicted octanol–water partition coefficient (Wildman–Crippen LogP) is 5.53. The molecule has 0 saturated heterocycles. The second-order valence-corrected chi connectivity index (χ2v) is 7.76. The molecule has 1 N–H and O–H groups in total. The molecule has 0 unspecified atom stereocenters. The van der Waals surface area contributed by atoms with E-state index in [2.05, 4.69) is 10.1 Å². The van der Waals surface area contributed by atoms with Crippen molar-refractivity contribution in [2.75, 3.05) is 6.54 Å². The lowest BCUT2D eigenvalue weighted by Gasteiger charge is -2.13. The predicted molar refractivity (Wildman–Crippen MR) is 121 cm³/mol. The van der Waals surface area contributed by atoms with Gasteiger partial charge < -0.3 is 14.5 Å². The lowest BCUT2D eigenvalue weighted by Crippen LogP contribution is -2.22. The van der Waals surface area contributed by atoms with Gasteiger partial charge in [0, 0.05) is 48.8 Å². The van der Waals surface area contributed by atoms with E-state index in [0.717, 1.165) is 41.8 Å². The van der Waals surface area contributed by atoms with Gasteiger partial charge in [0.2, 0.25) is 0 Å². The standard InChI is InChI=1S/C24H19F3N2O3.ClH/c1-14-10-17(32-24(25,26)27)3-5-18(14)15-7-9-29(23(30)11-15)16-2-4-19-20-13-28-8-6-21(20)31-22(19)12-16;/h2-5,7,9-12,28H,6,8,13H2,1H3;1H. The topological polar surface area (TPSA) is 56.4 Å². The van der Waals surface area contributed by atoms with Gasteiger partial charge in [-0.1, -0.05) is 6.07 Å². The molecule has 0 atom stereocenters. The number of hydrogen-bond acceptors (Lipinski definition) is 4. The molecule has 1 aliphatic rings. The lowest BCUT2D eigenvalue weighted by molar-refractivity contribution is -0.274. The highest BCUT2D eigenvalue weighted by Crippen LogP contribution is 2.31.